The zero-order valence-corrected chi connectivity index (χ0v) is 32.8. The molecule has 5 N–H and O–H groups in total. The van der Waals surface area contributed by atoms with E-state index in [2.05, 4.69) is 5.32 Å². The Balaban J connectivity index is 1.12. The van der Waals surface area contributed by atoms with Gasteiger partial charge < -0.3 is 58.9 Å². The minimum absolute atomic E-state index is 0.00447. The first-order chi connectivity index (χ1) is 27.1. The van der Waals surface area contributed by atoms with Crippen molar-refractivity contribution in [2.45, 2.75) is 145 Å². The number of ketones is 3. The normalized spacial score (nSPS) is 36.6. The minimum atomic E-state index is -1.76. The standard InChI is InChI=1S/C41H51NO15/c1-7-41(50)16-27(32-21(34(41)40(49)51-6)13-22-33(37(32)48)36(47)31-20(35(22)46)9-8-10-25(31)44)55-29-14-23(42-5)38(18(3)53-29)57-30-15-26(45)39(19(4)54-30)56-28-12-11-24(43)17(2)52-28/h8-10,13,17-19,23,26-30,34,38-39,42,44-45,48,50H,7,11-12,14-16H2,1-6H3/t17?,18?,19?,23?,26?,27-,28?,29?,30?,34-,38?,39?,41+/m0/s1. The van der Waals surface area contributed by atoms with E-state index in [0.29, 0.717) is 12.8 Å². The van der Waals surface area contributed by atoms with Crippen molar-refractivity contribution in [1.82, 2.24) is 5.32 Å². The van der Waals surface area contributed by atoms with Gasteiger partial charge in [0.05, 0.1) is 48.3 Å². The van der Waals surface area contributed by atoms with E-state index < -0.39 is 102 Å². The van der Waals surface area contributed by atoms with Crippen LogP contribution in [0.2, 0.25) is 0 Å². The average molecular weight is 798 g/mol. The molecule has 310 valence electrons. The van der Waals surface area contributed by atoms with Crippen molar-refractivity contribution in [3.63, 3.8) is 0 Å². The number of phenolic OH excluding ortho intramolecular Hbond substituents is 2. The molecule has 2 aromatic rings. The number of hydrogen-bond donors (Lipinski definition) is 5. The minimum Gasteiger partial charge on any atom is -0.507 e. The van der Waals surface area contributed by atoms with Crippen LogP contribution in [0.25, 0.3) is 0 Å². The number of aromatic hydroxyl groups is 2. The Morgan fingerprint density at radius 1 is 0.912 bits per heavy atom. The molecule has 57 heavy (non-hydrogen) atoms. The molecule has 16 heteroatoms. The van der Waals surface area contributed by atoms with Gasteiger partial charge in [0, 0.05) is 54.8 Å². The summed E-state index contributed by atoms with van der Waals surface area (Å²) in [6.07, 6.45) is -6.70. The van der Waals surface area contributed by atoms with Crippen LogP contribution in [0.5, 0.6) is 11.5 Å². The van der Waals surface area contributed by atoms with Gasteiger partial charge in [-0.15, -0.1) is 0 Å². The summed E-state index contributed by atoms with van der Waals surface area (Å²) >= 11 is 0. The molecule has 0 aromatic heterocycles. The number of benzene rings is 2. The number of aliphatic hydroxyl groups is 2. The van der Waals surface area contributed by atoms with E-state index in [-0.39, 0.29) is 70.9 Å². The Bertz CT molecular complexity index is 1910. The van der Waals surface area contributed by atoms with Gasteiger partial charge >= 0.3 is 5.97 Å². The maximum Gasteiger partial charge on any atom is 0.316 e. The van der Waals surface area contributed by atoms with Crippen molar-refractivity contribution in [2.24, 2.45) is 0 Å². The van der Waals surface area contributed by atoms with Crippen molar-refractivity contribution in [2.75, 3.05) is 14.2 Å². The fourth-order valence-corrected chi connectivity index (χ4v) is 9.08. The molecule has 3 fully saturated rings. The van der Waals surface area contributed by atoms with Crippen LogP contribution in [-0.2, 0) is 42.7 Å². The second-order valence-corrected chi connectivity index (χ2v) is 15.6. The van der Waals surface area contributed by atoms with E-state index >= 15 is 0 Å². The van der Waals surface area contributed by atoms with Gasteiger partial charge in [-0.2, -0.15) is 0 Å². The Morgan fingerprint density at radius 2 is 1.60 bits per heavy atom. The average Bonchev–Trinajstić information content (AvgIpc) is 3.17. The summed E-state index contributed by atoms with van der Waals surface area (Å²) in [6.45, 7) is 6.92. The number of phenols is 2. The first kappa shape index (κ1) is 41.3. The van der Waals surface area contributed by atoms with Gasteiger partial charge in [0.25, 0.3) is 0 Å². The van der Waals surface area contributed by atoms with Crippen molar-refractivity contribution in [1.29, 1.82) is 0 Å². The Kier molecular flexibility index (Phi) is 11.7. The summed E-state index contributed by atoms with van der Waals surface area (Å²) in [6, 6.07) is 5.04. The van der Waals surface area contributed by atoms with Gasteiger partial charge in [0.1, 0.15) is 35.7 Å². The first-order valence-corrected chi connectivity index (χ1v) is 19.5. The molecule has 13 atom stereocenters. The molecule has 0 saturated carbocycles. The predicted molar refractivity (Wildman–Crippen MR) is 197 cm³/mol. The Hall–Kier alpha value is -3.84. The molecule has 2 aliphatic carbocycles. The van der Waals surface area contributed by atoms with Gasteiger partial charge in [-0.1, -0.05) is 19.1 Å². The highest BCUT2D eigenvalue weighted by molar-refractivity contribution is 6.30. The van der Waals surface area contributed by atoms with E-state index in [1.54, 1.807) is 34.7 Å². The first-order valence-electron chi connectivity index (χ1n) is 19.5. The number of rotatable bonds is 9. The summed E-state index contributed by atoms with van der Waals surface area (Å²) in [5.41, 5.74) is -2.51. The van der Waals surface area contributed by atoms with Crippen LogP contribution < -0.4 is 5.32 Å². The highest BCUT2D eigenvalue weighted by Crippen LogP contribution is 2.54. The second kappa shape index (κ2) is 16.1. The molecule has 16 nitrogen and oxygen atoms in total. The number of likely N-dealkylation sites (N-methyl/N-ethyl adjacent to an activating group) is 1. The summed E-state index contributed by atoms with van der Waals surface area (Å²) < 4.78 is 42.3. The lowest BCUT2D eigenvalue weighted by atomic mass is 9.67. The molecule has 2 aromatic carbocycles. The maximum atomic E-state index is 13.9. The summed E-state index contributed by atoms with van der Waals surface area (Å²) in [4.78, 5) is 52.9. The molecule has 3 saturated heterocycles. The van der Waals surface area contributed by atoms with E-state index in [4.69, 9.17) is 33.2 Å². The third-order valence-corrected chi connectivity index (χ3v) is 12.2. The molecule has 0 spiro atoms. The molecule has 0 bridgehead atoms. The number of hydrogen-bond acceptors (Lipinski definition) is 16. The van der Waals surface area contributed by atoms with E-state index in [9.17, 15) is 39.6 Å². The Labute approximate surface area is 329 Å². The number of esters is 1. The topological polar surface area (TPSA) is 226 Å². The number of carbonyl (C=O) groups excluding carboxylic acids is 4. The summed E-state index contributed by atoms with van der Waals surface area (Å²) in [7, 11) is 2.92. The molecule has 3 aliphatic heterocycles. The highest BCUT2D eigenvalue weighted by Gasteiger charge is 2.53. The molecular weight excluding hydrogens is 746 g/mol. The fraction of sp³-hybridized carbons (Fsp3) is 0.610. The van der Waals surface area contributed by atoms with Crippen LogP contribution in [0.3, 0.4) is 0 Å². The van der Waals surface area contributed by atoms with Gasteiger partial charge in [-0.05, 0) is 51.9 Å². The zero-order valence-electron chi connectivity index (χ0n) is 32.8. The lowest BCUT2D eigenvalue weighted by Crippen LogP contribution is -2.58. The summed E-state index contributed by atoms with van der Waals surface area (Å²) in [5, 5.41) is 48.9. The molecule has 7 rings (SSSR count). The number of fused-ring (bicyclic) bond motifs is 3. The molecule has 0 amide bonds. The quantitative estimate of drug-likeness (QED) is 0.196. The third kappa shape index (κ3) is 7.40. The Morgan fingerprint density at radius 3 is 2.25 bits per heavy atom. The van der Waals surface area contributed by atoms with E-state index in [1.807, 2.05) is 0 Å². The van der Waals surface area contributed by atoms with Crippen LogP contribution in [-0.4, -0.2) is 125 Å². The van der Waals surface area contributed by atoms with Crippen molar-refractivity contribution in [3.05, 3.63) is 57.6 Å². The highest BCUT2D eigenvalue weighted by atomic mass is 16.7. The van der Waals surface area contributed by atoms with Gasteiger partial charge in [-0.25, -0.2) is 0 Å². The molecule has 10 unspecified atom stereocenters. The predicted octanol–water partition coefficient (Wildman–Crippen LogP) is 2.82. The third-order valence-electron chi connectivity index (χ3n) is 12.2. The van der Waals surface area contributed by atoms with E-state index in [0.717, 1.165) is 0 Å². The molecule has 5 aliphatic rings. The number of ether oxygens (including phenoxy) is 7. The van der Waals surface area contributed by atoms with Crippen LogP contribution in [0, 0.1) is 0 Å². The van der Waals surface area contributed by atoms with Crippen LogP contribution in [0.15, 0.2) is 24.3 Å². The number of methoxy groups -OCH3 is 1. The summed E-state index contributed by atoms with van der Waals surface area (Å²) in [5.74, 6) is -4.61. The van der Waals surface area contributed by atoms with Crippen LogP contribution in [0.1, 0.15) is 121 Å². The SMILES string of the molecule is CC[C@@]1(O)C[C@H](OC2CC(NC)C(OC3CC(O)C(OC4CCC(=O)C(C)O4)C(C)O3)C(C)O2)c2c(cc3c(c2O)C(=O)c2c(O)cccc2C3=O)[C@H]1C(=O)OC. The molecule has 3 heterocycles. The smallest absolute Gasteiger partial charge is 0.316 e. The zero-order chi connectivity index (χ0) is 41.1. The second-order valence-electron chi connectivity index (χ2n) is 15.6. The van der Waals surface area contributed by atoms with Crippen molar-refractivity contribution < 1.29 is 72.8 Å². The maximum absolute atomic E-state index is 13.9. The van der Waals surface area contributed by atoms with Gasteiger partial charge in [-0.3, -0.25) is 19.2 Å². The fourth-order valence-electron chi connectivity index (χ4n) is 9.08. The monoisotopic (exact) mass is 797 g/mol. The van der Waals surface area contributed by atoms with Crippen LogP contribution in [0.4, 0.5) is 0 Å². The lowest BCUT2D eigenvalue weighted by molar-refractivity contribution is -0.321. The molecular formula is C41H51NO15. The number of Topliss-reactive ketones (excluding diaryl/α,β-unsaturated/α-hetero) is 1. The van der Waals surface area contributed by atoms with Gasteiger partial charge in [0.15, 0.2) is 30.4 Å². The van der Waals surface area contributed by atoms with Crippen molar-refractivity contribution in [3.8, 4) is 11.5 Å². The largest absolute Gasteiger partial charge is 0.507 e. The number of nitrogens with one attached hydrogen (secondary N) is 1. The number of carbonyl (C=O) groups is 4. The number of aliphatic hydroxyl groups excluding tert-OH is 1. The van der Waals surface area contributed by atoms with Gasteiger partial charge in [0.2, 0.25) is 5.78 Å². The molecule has 0 radical (unpaired) electrons. The van der Waals surface area contributed by atoms with Crippen LogP contribution >= 0.6 is 0 Å². The lowest BCUT2D eigenvalue weighted by Gasteiger charge is -2.47. The van der Waals surface area contributed by atoms with E-state index in [1.165, 1.54) is 31.4 Å². The van der Waals surface area contributed by atoms with Crippen molar-refractivity contribution >= 4 is 23.3 Å².